The lowest BCUT2D eigenvalue weighted by atomic mass is 10.1. The molecular weight excluding hydrogens is 524 g/mol. The van der Waals surface area contributed by atoms with Crippen LogP contribution in [0.15, 0.2) is 59.9 Å². The van der Waals surface area contributed by atoms with E-state index in [1.165, 1.54) is 10.9 Å². The van der Waals surface area contributed by atoms with Gasteiger partial charge in [-0.05, 0) is 24.3 Å². The summed E-state index contributed by atoms with van der Waals surface area (Å²) in [6.07, 6.45) is 2.99. The van der Waals surface area contributed by atoms with E-state index in [4.69, 9.17) is 34.0 Å². The minimum absolute atomic E-state index is 0.251. The summed E-state index contributed by atoms with van der Waals surface area (Å²) >= 11 is 11.5. The first-order valence-corrected chi connectivity index (χ1v) is 13.2. The van der Waals surface area contributed by atoms with Crippen molar-refractivity contribution in [3.05, 3.63) is 82.0 Å². The molecule has 2 N–H and O–H groups in total. The fraction of sp³-hybridized carbons (Fsp3) is 0.269. The molecule has 5 aromatic rings. The van der Waals surface area contributed by atoms with Crippen molar-refractivity contribution in [1.82, 2.24) is 34.4 Å². The molecule has 0 aliphatic carbocycles. The Balaban J connectivity index is 1.48. The summed E-state index contributed by atoms with van der Waals surface area (Å²) in [5, 5.41) is 3.66. The summed E-state index contributed by atoms with van der Waals surface area (Å²) in [5.74, 6) is 0.382. The number of morpholine rings is 1. The first-order chi connectivity index (χ1) is 18.6. The molecule has 1 saturated heterocycles. The van der Waals surface area contributed by atoms with Crippen LogP contribution in [0.1, 0.15) is 16.8 Å². The maximum absolute atomic E-state index is 14.2. The molecule has 1 atom stereocenters. The van der Waals surface area contributed by atoms with Crippen LogP contribution >= 0.6 is 24.2 Å². The summed E-state index contributed by atoms with van der Waals surface area (Å²) in [4.78, 5) is 37.5. The molecule has 0 bridgehead atoms. The van der Waals surface area contributed by atoms with Crippen molar-refractivity contribution in [2.45, 2.75) is 5.25 Å². The Morgan fingerprint density at radius 1 is 1.11 bits per heavy atom. The average Bonchev–Trinajstić information content (AvgIpc) is 3.43. The van der Waals surface area contributed by atoms with Gasteiger partial charge in [0.25, 0.3) is 5.56 Å². The number of fused-ring (bicyclic) bond motifs is 2. The number of ether oxygens (including phenoxy) is 1. The van der Waals surface area contributed by atoms with Gasteiger partial charge in [-0.15, -0.1) is 0 Å². The van der Waals surface area contributed by atoms with Crippen LogP contribution in [-0.4, -0.2) is 73.8 Å². The second-order valence-corrected chi connectivity index (χ2v) is 9.83. The van der Waals surface area contributed by atoms with E-state index >= 15 is 0 Å². The average molecular weight is 549 g/mol. The molecule has 4 heterocycles. The highest BCUT2D eigenvalue weighted by Crippen LogP contribution is 2.33. The van der Waals surface area contributed by atoms with Crippen molar-refractivity contribution in [1.29, 1.82) is 0 Å². The van der Waals surface area contributed by atoms with Gasteiger partial charge in [0, 0.05) is 31.9 Å². The number of aromatic amines is 1. The highest BCUT2D eigenvalue weighted by Gasteiger charge is 2.25. The molecule has 1 aliphatic heterocycles. The normalized spacial score (nSPS) is 15.2. The third-order valence-corrected chi connectivity index (χ3v) is 7.41. The zero-order valence-corrected chi connectivity index (χ0v) is 22.0. The van der Waals surface area contributed by atoms with Crippen LogP contribution in [0.3, 0.4) is 0 Å². The molecule has 12 heteroatoms. The Morgan fingerprint density at radius 2 is 1.95 bits per heavy atom. The van der Waals surface area contributed by atoms with E-state index in [0.29, 0.717) is 56.5 Å². The van der Waals surface area contributed by atoms with Gasteiger partial charge in [0.15, 0.2) is 5.65 Å². The Labute approximate surface area is 228 Å². The van der Waals surface area contributed by atoms with E-state index in [2.05, 4.69) is 30.2 Å². The number of para-hydroxylation sites is 1. The van der Waals surface area contributed by atoms with Crippen LogP contribution in [0.2, 0.25) is 5.02 Å². The van der Waals surface area contributed by atoms with E-state index < -0.39 is 5.25 Å². The van der Waals surface area contributed by atoms with Gasteiger partial charge in [0.2, 0.25) is 0 Å². The summed E-state index contributed by atoms with van der Waals surface area (Å²) in [7, 11) is 0. The Hall–Kier alpha value is -3.51. The molecule has 0 saturated carbocycles. The minimum Gasteiger partial charge on any atom is -0.383 e. The number of rotatable bonds is 7. The summed E-state index contributed by atoms with van der Waals surface area (Å²) in [5.41, 5.74) is 3.20. The maximum atomic E-state index is 14.2. The monoisotopic (exact) mass is 548 g/mol. The third kappa shape index (κ3) is 4.62. The van der Waals surface area contributed by atoms with Crippen molar-refractivity contribution < 1.29 is 4.74 Å². The molecule has 2 aromatic carbocycles. The van der Waals surface area contributed by atoms with Crippen molar-refractivity contribution in [2.24, 2.45) is 0 Å². The number of imidazole rings is 1. The zero-order chi connectivity index (χ0) is 26.1. The smallest absolute Gasteiger partial charge is 0.268 e. The first-order valence-electron chi connectivity index (χ1n) is 12.3. The second-order valence-electron chi connectivity index (χ2n) is 8.90. The standard InChI is InChI=1S/C26H25ClN8O2S/c27-16-4-1-2-7-19(16)35-25(23(38)21-22-24(31-14-29-21)32-15-30-22)33-18-6-3-5-17(20(18)26(35)36)28-8-9-34-10-12-37-13-11-34/h1-7,14-15,23,28,38H,8-13H2,(H,29,30,31,32). The molecule has 6 rings (SSSR count). The predicted octanol–water partition coefficient (Wildman–Crippen LogP) is 3.47. The van der Waals surface area contributed by atoms with Gasteiger partial charge in [-0.2, -0.15) is 12.6 Å². The number of hydrogen-bond acceptors (Lipinski definition) is 9. The number of thiol groups is 1. The molecule has 1 aliphatic rings. The topological polar surface area (TPSA) is 114 Å². The Morgan fingerprint density at radius 3 is 2.79 bits per heavy atom. The van der Waals surface area contributed by atoms with Crippen molar-refractivity contribution >= 4 is 52.0 Å². The minimum atomic E-state index is -0.685. The van der Waals surface area contributed by atoms with Crippen LogP contribution < -0.4 is 10.9 Å². The lowest BCUT2D eigenvalue weighted by Crippen LogP contribution is -2.39. The quantitative estimate of drug-likeness (QED) is 0.265. The zero-order valence-electron chi connectivity index (χ0n) is 20.3. The molecule has 38 heavy (non-hydrogen) atoms. The maximum Gasteiger partial charge on any atom is 0.268 e. The Kier molecular flexibility index (Phi) is 6.98. The molecule has 0 radical (unpaired) electrons. The van der Waals surface area contributed by atoms with Crippen LogP contribution in [-0.2, 0) is 4.74 Å². The molecule has 0 amide bonds. The Bertz CT molecular complexity index is 1670. The lowest BCUT2D eigenvalue weighted by molar-refractivity contribution is 0.0398. The molecular formula is C26H25ClN8O2S. The van der Waals surface area contributed by atoms with Crippen LogP contribution in [0.5, 0.6) is 0 Å². The van der Waals surface area contributed by atoms with Crippen molar-refractivity contribution in [2.75, 3.05) is 44.7 Å². The molecule has 10 nitrogen and oxygen atoms in total. The highest BCUT2D eigenvalue weighted by atomic mass is 35.5. The van der Waals surface area contributed by atoms with Gasteiger partial charge in [-0.1, -0.05) is 29.8 Å². The first kappa shape index (κ1) is 24.8. The SMILES string of the molecule is O=c1c2c(NCCN3CCOCC3)cccc2nc(C(S)c2ncnc3[nH]cnc23)n1-c1ccccc1Cl. The summed E-state index contributed by atoms with van der Waals surface area (Å²) in [6, 6.07) is 12.8. The van der Waals surface area contributed by atoms with E-state index in [-0.39, 0.29) is 5.56 Å². The van der Waals surface area contributed by atoms with E-state index in [1.807, 2.05) is 30.3 Å². The van der Waals surface area contributed by atoms with E-state index in [1.54, 1.807) is 18.5 Å². The van der Waals surface area contributed by atoms with Gasteiger partial charge >= 0.3 is 0 Å². The molecule has 1 unspecified atom stereocenters. The number of hydrogen-bond donors (Lipinski definition) is 3. The van der Waals surface area contributed by atoms with Crippen molar-refractivity contribution in [3.63, 3.8) is 0 Å². The number of nitrogens with one attached hydrogen (secondary N) is 2. The highest BCUT2D eigenvalue weighted by molar-refractivity contribution is 7.80. The van der Waals surface area contributed by atoms with E-state index in [9.17, 15) is 4.79 Å². The lowest BCUT2D eigenvalue weighted by Gasteiger charge is -2.26. The number of H-pyrrole nitrogens is 1. The second kappa shape index (κ2) is 10.7. The summed E-state index contributed by atoms with van der Waals surface area (Å²) < 4.78 is 6.96. The van der Waals surface area contributed by atoms with Crippen molar-refractivity contribution in [3.8, 4) is 5.69 Å². The summed E-state index contributed by atoms with van der Waals surface area (Å²) in [6.45, 7) is 4.81. The number of benzene rings is 2. The number of nitrogens with zero attached hydrogens (tertiary/aromatic N) is 6. The van der Waals surface area contributed by atoms with Gasteiger partial charge in [-0.25, -0.2) is 19.9 Å². The van der Waals surface area contributed by atoms with Crippen LogP contribution in [0.25, 0.3) is 27.8 Å². The molecule has 1 fully saturated rings. The largest absolute Gasteiger partial charge is 0.383 e. The van der Waals surface area contributed by atoms with Gasteiger partial charge in [0.1, 0.15) is 22.9 Å². The van der Waals surface area contributed by atoms with E-state index in [0.717, 1.165) is 32.8 Å². The van der Waals surface area contributed by atoms with Gasteiger partial charge < -0.3 is 15.0 Å². The fourth-order valence-electron chi connectivity index (χ4n) is 4.72. The van der Waals surface area contributed by atoms with Gasteiger partial charge in [0.05, 0.1) is 46.8 Å². The predicted molar refractivity (Wildman–Crippen MR) is 151 cm³/mol. The van der Waals surface area contributed by atoms with Crippen LogP contribution in [0, 0.1) is 0 Å². The number of aromatic nitrogens is 6. The molecule has 3 aromatic heterocycles. The van der Waals surface area contributed by atoms with Crippen LogP contribution in [0.4, 0.5) is 5.69 Å². The molecule has 0 spiro atoms. The number of halogens is 1. The fourth-order valence-corrected chi connectivity index (χ4v) is 5.31. The number of anilines is 1. The van der Waals surface area contributed by atoms with Gasteiger partial charge in [-0.3, -0.25) is 14.3 Å². The molecule has 194 valence electrons. The third-order valence-electron chi connectivity index (χ3n) is 6.61.